The van der Waals surface area contributed by atoms with Crippen LogP contribution in [0.25, 0.3) is 65.3 Å². The number of hydrogen-bond donors (Lipinski definition) is 0. The molecule has 0 saturated heterocycles. The second-order valence-electron chi connectivity index (χ2n) is 10.4. The summed E-state index contributed by atoms with van der Waals surface area (Å²) in [5.41, 5.74) is 4.95. The lowest BCUT2D eigenvalue weighted by atomic mass is 9.92. The summed E-state index contributed by atoms with van der Waals surface area (Å²) in [6.07, 6.45) is 3.95. The Morgan fingerprint density at radius 3 is 1.98 bits per heavy atom. The zero-order chi connectivity index (χ0) is 27.2. The zero-order valence-electron chi connectivity index (χ0n) is 22.3. The van der Waals surface area contributed by atoms with Crippen molar-refractivity contribution in [1.29, 1.82) is 0 Å². The molecule has 0 radical (unpaired) electrons. The van der Waals surface area contributed by atoms with E-state index in [-0.39, 0.29) is 0 Å². The van der Waals surface area contributed by atoms with Gasteiger partial charge in [-0.15, -0.1) is 0 Å². The van der Waals surface area contributed by atoms with Crippen LogP contribution in [0.5, 0.6) is 0 Å². The summed E-state index contributed by atoms with van der Waals surface area (Å²) in [4.78, 5) is 7.12. The molecule has 0 aliphatic carbocycles. The third kappa shape index (κ3) is 4.07. The molecule has 0 atom stereocenters. The first kappa shape index (κ1) is 23.9. The van der Waals surface area contributed by atoms with Crippen LogP contribution < -0.4 is 0 Å². The van der Waals surface area contributed by atoms with E-state index >= 15 is 0 Å². The predicted molar refractivity (Wildman–Crippen MR) is 176 cm³/mol. The Morgan fingerprint density at radius 2 is 1.12 bits per heavy atom. The smallest absolute Gasteiger partial charge is 0.0353 e. The molecule has 0 unspecified atom stereocenters. The highest BCUT2D eigenvalue weighted by atomic mass is 32.2. The summed E-state index contributed by atoms with van der Waals surface area (Å²) in [5, 5.41) is 9.94. The van der Waals surface area contributed by atoms with Gasteiger partial charge in [-0.2, -0.15) is 0 Å². The van der Waals surface area contributed by atoms with Crippen molar-refractivity contribution in [3.05, 3.63) is 152 Å². The van der Waals surface area contributed by atoms with Gasteiger partial charge in [-0.3, -0.25) is 4.98 Å². The first-order chi connectivity index (χ1) is 20.3. The van der Waals surface area contributed by atoms with Gasteiger partial charge in [-0.05, 0) is 78.2 Å². The van der Waals surface area contributed by atoms with Crippen molar-refractivity contribution in [2.45, 2.75) is 9.79 Å². The number of hydrogen-bond acceptors (Lipinski definition) is 2. The fourth-order valence-electron chi connectivity index (χ4n) is 6.09. The van der Waals surface area contributed by atoms with Crippen LogP contribution in [0, 0.1) is 0 Å². The number of nitrogens with zero attached hydrogens (tertiary/aromatic N) is 1. The molecule has 8 aromatic rings. The molecule has 0 saturated carbocycles. The van der Waals surface area contributed by atoms with Crippen molar-refractivity contribution in [1.82, 2.24) is 4.98 Å². The van der Waals surface area contributed by atoms with Gasteiger partial charge in [0.15, 0.2) is 0 Å². The lowest BCUT2D eigenvalue weighted by molar-refractivity contribution is 1.36. The third-order valence-electron chi connectivity index (χ3n) is 8.00. The summed E-state index contributed by atoms with van der Waals surface area (Å²) in [5.74, 6) is 0. The number of benzene rings is 7. The van der Waals surface area contributed by atoms with Gasteiger partial charge in [-0.1, -0.05) is 133 Å². The quantitative estimate of drug-likeness (QED) is 0.206. The zero-order valence-corrected chi connectivity index (χ0v) is 23.1. The normalized spacial score (nSPS) is 11.5. The van der Waals surface area contributed by atoms with Gasteiger partial charge in [0.1, 0.15) is 0 Å². The molecule has 0 bridgehead atoms. The lowest BCUT2D eigenvalue weighted by Crippen LogP contribution is -1.91. The van der Waals surface area contributed by atoms with Crippen molar-refractivity contribution in [3.63, 3.8) is 0 Å². The minimum atomic E-state index is 1.18. The van der Waals surface area contributed by atoms with E-state index in [4.69, 9.17) is 0 Å². The van der Waals surface area contributed by atoms with Crippen molar-refractivity contribution in [2.75, 3.05) is 0 Å². The molecule has 8 rings (SSSR count). The van der Waals surface area contributed by atoms with E-state index in [0.717, 1.165) is 0 Å². The minimum absolute atomic E-state index is 1.18. The molecule has 0 aliphatic rings. The molecule has 41 heavy (non-hydrogen) atoms. The van der Waals surface area contributed by atoms with Gasteiger partial charge in [-0.25, -0.2) is 0 Å². The van der Waals surface area contributed by atoms with Crippen LogP contribution in [0.3, 0.4) is 0 Å². The number of rotatable bonds is 4. The van der Waals surface area contributed by atoms with Gasteiger partial charge in [0.05, 0.1) is 0 Å². The van der Waals surface area contributed by atoms with Crippen LogP contribution in [0.4, 0.5) is 0 Å². The second-order valence-corrected chi connectivity index (χ2v) is 11.4. The Hall–Kier alpha value is -4.92. The number of pyridine rings is 1. The molecule has 0 spiro atoms. The van der Waals surface area contributed by atoms with E-state index in [1.165, 1.54) is 75.1 Å². The highest BCUT2D eigenvalue weighted by Crippen LogP contribution is 2.47. The minimum Gasteiger partial charge on any atom is -0.264 e. The maximum absolute atomic E-state index is 4.60. The van der Waals surface area contributed by atoms with Gasteiger partial charge >= 0.3 is 0 Å². The Balaban J connectivity index is 1.37. The average Bonchev–Trinajstić information content (AvgIpc) is 3.05. The third-order valence-corrected chi connectivity index (χ3v) is 9.21. The molecule has 2 heteroatoms. The molecule has 0 aliphatic heterocycles. The van der Waals surface area contributed by atoms with Gasteiger partial charge in [0, 0.05) is 27.6 Å². The van der Waals surface area contributed by atoms with Crippen molar-refractivity contribution >= 4 is 54.9 Å². The highest BCUT2D eigenvalue weighted by molar-refractivity contribution is 8.00. The van der Waals surface area contributed by atoms with Gasteiger partial charge < -0.3 is 0 Å². The topological polar surface area (TPSA) is 12.9 Å². The fourth-order valence-corrected chi connectivity index (χ4v) is 7.31. The standard InChI is InChI=1S/C39H25NS/c1-2-11-27(12-3-1)30-20-21-37(32-15-7-6-14-31(30)32)41-39-34-17-9-8-16-33(34)38(36-25-40-23-22-35(36)39)29-19-18-26-10-4-5-13-28(26)24-29/h1-25H. The second kappa shape index (κ2) is 9.92. The summed E-state index contributed by atoms with van der Waals surface area (Å²) < 4.78 is 0. The first-order valence-electron chi connectivity index (χ1n) is 13.9. The van der Waals surface area contributed by atoms with Gasteiger partial charge in [0.25, 0.3) is 0 Å². The molecular weight excluding hydrogens is 515 g/mol. The molecule has 7 aromatic carbocycles. The maximum Gasteiger partial charge on any atom is 0.0353 e. The summed E-state index contributed by atoms with van der Waals surface area (Å²) in [6, 6.07) is 50.3. The number of fused-ring (bicyclic) bond motifs is 4. The van der Waals surface area contributed by atoms with Crippen LogP contribution >= 0.6 is 11.8 Å². The van der Waals surface area contributed by atoms with Crippen molar-refractivity contribution in [2.24, 2.45) is 0 Å². The Bertz CT molecular complexity index is 2180. The first-order valence-corrected chi connectivity index (χ1v) is 14.7. The molecule has 1 nitrogen and oxygen atoms in total. The lowest BCUT2D eigenvalue weighted by Gasteiger charge is -2.18. The Kier molecular flexibility index (Phi) is 5.79. The maximum atomic E-state index is 4.60. The molecule has 0 amide bonds. The summed E-state index contributed by atoms with van der Waals surface area (Å²) in [7, 11) is 0. The molecule has 192 valence electrons. The SMILES string of the molecule is c1ccc(-c2ccc(Sc3c4ccccc4c(-c4ccc5ccccc5c4)c4cnccc34)c3ccccc23)cc1. The Labute approximate surface area is 243 Å². The number of aromatic nitrogens is 1. The van der Waals surface area contributed by atoms with E-state index in [0.29, 0.717) is 0 Å². The highest BCUT2D eigenvalue weighted by Gasteiger charge is 2.18. The van der Waals surface area contributed by atoms with E-state index in [9.17, 15) is 0 Å². The summed E-state index contributed by atoms with van der Waals surface area (Å²) >= 11 is 1.86. The van der Waals surface area contributed by atoms with Gasteiger partial charge in [0.2, 0.25) is 0 Å². The monoisotopic (exact) mass is 539 g/mol. The van der Waals surface area contributed by atoms with E-state index in [1.807, 2.05) is 24.2 Å². The van der Waals surface area contributed by atoms with Crippen molar-refractivity contribution in [3.8, 4) is 22.3 Å². The van der Waals surface area contributed by atoms with Crippen LogP contribution in [-0.4, -0.2) is 4.98 Å². The summed E-state index contributed by atoms with van der Waals surface area (Å²) in [6.45, 7) is 0. The van der Waals surface area contributed by atoms with Crippen LogP contribution in [0.1, 0.15) is 0 Å². The molecule has 1 aromatic heterocycles. The van der Waals surface area contributed by atoms with Crippen LogP contribution in [-0.2, 0) is 0 Å². The molecule has 1 heterocycles. The van der Waals surface area contributed by atoms with Crippen LogP contribution in [0.2, 0.25) is 0 Å². The fraction of sp³-hybridized carbons (Fsp3) is 0. The Morgan fingerprint density at radius 1 is 0.439 bits per heavy atom. The molecule has 0 N–H and O–H groups in total. The van der Waals surface area contributed by atoms with Crippen LogP contribution in [0.15, 0.2) is 162 Å². The van der Waals surface area contributed by atoms with E-state index in [1.54, 1.807) is 0 Å². The molecule has 0 fully saturated rings. The average molecular weight is 540 g/mol. The van der Waals surface area contributed by atoms with E-state index < -0.39 is 0 Å². The van der Waals surface area contributed by atoms with Crippen molar-refractivity contribution < 1.29 is 0 Å². The largest absolute Gasteiger partial charge is 0.264 e. The predicted octanol–water partition coefficient (Wildman–Crippen LogP) is 11.2. The van der Waals surface area contributed by atoms with E-state index in [2.05, 4.69) is 145 Å². The molecular formula is C39H25NS.